The van der Waals surface area contributed by atoms with Crippen molar-refractivity contribution in [3.63, 3.8) is 0 Å². The number of carbonyl (C=O) groups excluding carboxylic acids is 1. The molecule has 0 aliphatic heterocycles. The third-order valence-corrected chi connectivity index (χ3v) is 2.45. The summed E-state index contributed by atoms with van der Waals surface area (Å²) < 4.78 is 5.18. The molecular weight excluding hydrogens is 200 g/mol. The monoisotopic (exact) mass is 218 g/mol. The van der Waals surface area contributed by atoms with Crippen molar-refractivity contribution < 1.29 is 9.53 Å². The van der Waals surface area contributed by atoms with Crippen LogP contribution in [0, 0.1) is 0 Å². The van der Waals surface area contributed by atoms with E-state index in [4.69, 9.17) is 22.7 Å². The van der Waals surface area contributed by atoms with E-state index in [9.17, 15) is 4.79 Å². The van der Waals surface area contributed by atoms with Gasteiger partial charge >= 0.3 is 0 Å². The fraction of sp³-hybridized carbons (Fsp3) is 0.778. The summed E-state index contributed by atoms with van der Waals surface area (Å²) in [6.45, 7) is 3.94. The Morgan fingerprint density at radius 1 is 1.64 bits per heavy atom. The number of thiocarbonyl (C=S) groups is 1. The molecule has 82 valence electrons. The summed E-state index contributed by atoms with van der Waals surface area (Å²) in [7, 11) is 3.18. The molecule has 14 heavy (non-hydrogen) atoms. The number of likely N-dealkylation sites (N-methyl/N-ethyl adjacent to an activating group) is 1. The molecule has 4 nitrogen and oxygen atoms in total. The van der Waals surface area contributed by atoms with Crippen LogP contribution in [0.25, 0.3) is 0 Å². The molecule has 0 saturated carbocycles. The Labute approximate surface area is 90.4 Å². The largest absolute Gasteiger partial charge is 0.392 e. The predicted molar refractivity (Wildman–Crippen MR) is 60.1 cm³/mol. The lowest BCUT2D eigenvalue weighted by molar-refractivity contribution is -0.151. The molecule has 0 bridgehead atoms. The van der Waals surface area contributed by atoms with Gasteiger partial charge < -0.3 is 15.4 Å². The minimum atomic E-state index is -0.778. The number of hydrogen-bond acceptors (Lipinski definition) is 3. The molecule has 1 amide bonds. The molecular formula is C9H18N2O2S. The van der Waals surface area contributed by atoms with Gasteiger partial charge in [0.1, 0.15) is 5.60 Å². The molecule has 0 heterocycles. The van der Waals surface area contributed by atoms with E-state index in [1.165, 1.54) is 12.0 Å². The van der Waals surface area contributed by atoms with Crippen molar-refractivity contribution in [3.05, 3.63) is 0 Å². The highest BCUT2D eigenvalue weighted by Gasteiger charge is 2.33. The van der Waals surface area contributed by atoms with Gasteiger partial charge in [-0.3, -0.25) is 4.79 Å². The average Bonchev–Trinajstić information content (AvgIpc) is 2.14. The van der Waals surface area contributed by atoms with Crippen molar-refractivity contribution in [2.24, 2.45) is 5.73 Å². The van der Waals surface area contributed by atoms with Crippen molar-refractivity contribution in [1.29, 1.82) is 0 Å². The molecule has 1 unspecified atom stereocenters. The van der Waals surface area contributed by atoms with E-state index >= 15 is 0 Å². The van der Waals surface area contributed by atoms with E-state index in [0.717, 1.165) is 0 Å². The normalized spacial score (nSPS) is 14.6. The quantitative estimate of drug-likeness (QED) is 0.685. The average molecular weight is 218 g/mol. The summed E-state index contributed by atoms with van der Waals surface area (Å²) in [4.78, 5) is 13.6. The van der Waals surface area contributed by atoms with Crippen LogP contribution in [0.2, 0.25) is 0 Å². The number of ether oxygens (including phenoxy) is 1. The first-order valence-corrected chi connectivity index (χ1v) is 4.87. The first-order valence-electron chi connectivity index (χ1n) is 4.46. The number of nitrogens with two attached hydrogens (primary N) is 1. The van der Waals surface area contributed by atoms with Gasteiger partial charge in [-0.2, -0.15) is 0 Å². The molecule has 0 rings (SSSR count). The van der Waals surface area contributed by atoms with Crippen LogP contribution in [-0.4, -0.2) is 42.1 Å². The van der Waals surface area contributed by atoms with Crippen LogP contribution < -0.4 is 5.73 Å². The zero-order valence-corrected chi connectivity index (χ0v) is 9.98. The predicted octanol–water partition coefficient (Wildman–Crippen LogP) is 0.546. The Morgan fingerprint density at radius 3 is 2.43 bits per heavy atom. The molecule has 0 radical (unpaired) electrons. The molecule has 0 aromatic heterocycles. The Balaban J connectivity index is 4.50. The lowest BCUT2D eigenvalue weighted by atomic mass is 10.0. The molecule has 0 aliphatic carbocycles. The molecule has 0 saturated heterocycles. The first kappa shape index (κ1) is 13.3. The summed E-state index contributed by atoms with van der Waals surface area (Å²) in [5.41, 5.74) is 4.58. The highest BCUT2D eigenvalue weighted by Crippen LogP contribution is 2.16. The van der Waals surface area contributed by atoms with Gasteiger partial charge in [-0.25, -0.2) is 0 Å². The second kappa shape index (κ2) is 5.26. The summed E-state index contributed by atoms with van der Waals surface area (Å²) in [6, 6.07) is 0. The van der Waals surface area contributed by atoms with Crippen molar-refractivity contribution in [1.82, 2.24) is 4.90 Å². The van der Waals surface area contributed by atoms with Crippen LogP contribution >= 0.6 is 12.2 Å². The summed E-state index contributed by atoms with van der Waals surface area (Å²) in [5.74, 6) is -0.102. The van der Waals surface area contributed by atoms with Crippen molar-refractivity contribution in [2.75, 3.05) is 20.7 Å². The number of nitrogens with zero attached hydrogens (tertiary/aromatic N) is 1. The maximum Gasteiger partial charge on any atom is 0.254 e. The minimum absolute atomic E-state index is 0.102. The van der Waals surface area contributed by atoms with E-state index in [0.29, 0.717) is 11.4 Å². The Bertz CT molecular complexity index is 227. The topological polar surface area (TPSA) is 55.6 Å². The van der Waals surface area contributed by atoms with E-state index in [1.54, 1.807) is 14.0 Å². The lowest BCUT2D eigenvalue weighted by Crippen LogP contribution is -2.48. The molecule has 0 aliphatic rings. The zero-order valence-electron chi connectivity index (χ0n) is 9.16. The van der Waals surface area contributed by atoms with Gasteiger partial charge in [0, 0.05) is 14.2 Å². The summed E-state index contributed by atoms with van der Waals surface area (Å²) in [6.07, 6.45) is 0.615. The van der Waals surface area contributed by atoms with Gasteiger partial charge in [-0.15, -0.1) is 0 Å². The standard InChI is InChI=1S/C9H18N2O2S/c1-5-9(2,13-4)8(12)11(3)6-7(10)14/h5-6H2,1-4H3,(H2,10,14). The van der Waals surface area contributed by atoms with Gasteiger partial charge in [0.2, 0.25) is 0 Å². The number of methoxy groups -OCH3 is 1. The molecule has 1 atom stereocenters. The van der Waals surface area contributed by atoms with E-state index in [-0.39, 0.29) is 12.5 Å². The SMILES string of the molecule is CCC(C)(OC)C(=O)N(C)CC(N)=S. The van der Waals surface area contributed by atoms with E-state index in [1.807, 2.05) is 6.92 Å². The van der Waals surface area contributed by atoms with Gasteiger partial charge in [0.15, 0.2) is 0 Å². The fourth-order valence-corrected chi connectivity index (χ4v) is 1.29. The second-order valence-electron chi connectivity index (χ2n) is 3.42. The van der Waals surface area contributed by atoms with Crippen LogP contribution in [0.3, 0.4) is 0 Å². The summed E-state index contributed by atoms with van der Waals surface area (Å²) in [5, 5.41) is 0. The van der Waals surface area contributed by atoms with Crippen LogP contribution in [0.5, 0.6) is 0 Å². The maximum absolute atomic E-state index is 11.8. The van der Waals surface area contributed by atoms with Crippen LogP contribution in [0.1, 0.15) is 20.3 Å². The first-order chi connectivity index (χ1) is 6.37. The number of hydrogen-bond donors (Lipinski definition) is 1. The molecule has 0 spiro atoms. The van der Waals surface area contributed by atoms with Gasteiger partial charge in [0.25, 0.3) is 5.91 Å². The fourth-order valence-electron chi connectivity index (χ4n) is 1.09. The lowest BCUT2D eigenvalue weighted by Gasteiger charge is -2.30. The van der Waals surface area contributed by atoms with E-state index < -0.39 is 5.60 Å². The summed E-state index contributed by atoms with van der Waals surface area (Å²) >= 11 is 4.73. The van der Waals surface area contributed by atoms with E-state index in [2.05, 4.69) is 0 Å². The highest BCUT2D eigenvalue weighted by molar-refractivity contribution is 7.80. The molecule has 0 aromatic carbocycles. The number of carbonyl (C=O) groups is 1. The van der Waals surface area contributed by atoms with Gasteiger partial charge in [-0.1, -0.05) is 19.1 Å². The minimum Gasteiger partial charge on any atom is -0.392 e. The highest BCUT2D eigenvalue weighted by atomic mass is 32.1. The van der Waals surface area contributed by atoms with Crippen LogP contribution in [-0.2, 0) is 9.53 Å². The van der Waals surface area contributed by atoms with Crippen LogP contribution in [0.4, 0.5) is 0 Å². The van der Waals surface area contributed by atoms with Gasteiger partial charge in [0.05, 0.1) is 11.5 Å². The second-order valence-corrected chi connectivity index (χ2v) is 3.94. The zero-order chi connectivity index (χ0) is 11.4. The Hall–Kier alpha value is -0.680. The molecule has 2 N–H and O–H groups in total. The van der Waals surface area contributed by atoms with Crippen molar-refractivity contribution in [2.45, 2.75) is 25.9 Å². The number of amides is 1. The van der Waals surface area contributed by atoms with Crippen molar-refractivity contribution in [3.8, 4) is 0 Å². The third-order valence-electron chi connectivity index (χ3n) is 2.32. The smallest absolute Gasteiger partial charge is 0.254 e. The Morgan fingerprint density at radius 2 is 2.14 bits per heavy atom. The number of rotatable bonds is 5. The van der Waals surface area contributed by atoms with Gasteiger partial charge in [-0.05, 0) is 13.3 Å². The maximum atomic E-state index is 11.8. The van der Waals surface area contributed by atoms with Crippen LogP contribution in [0.15, 0.2) is 0 Å². The van der Waals surface area contributed by atoms with Crippen molar-refractivity contribution >= 4 is 23.1 Å². The Kier molecular flexibility index (Phi) is 5.01. The molecule has 5 heteroatoms. The molecule has 0 fully saturated rings. The molecule has 0 aromatic rings. The third kappa shape index (κ3) is 3.23.